The number of aromatic carboxylic acids is 1. The van der Waals surface area contributed by atoms with Gasteiger partial charge in [0.25, 0.3) is 5.91 Å². The zero-order valence-corrected chi connectivity index (χ0v) is 23.5. The molecule has 224 valence electrons. The number of nitrogens with zero attached hydrogens (tertiary/aromatic N) is 3. The zero-order chi connectivity index (χ0) is 30.9. The van der Waals surface area contributed by atoms with E-state index in [1.807, 2.05) is 0 Å². The van der Waals surface area contributed by atoms with Crippen molar-refractivity contribution in [3.63, 3.8) is 0 Å². The summed E-state index contributed by atoms with van der Waals surface area (Å²) in [5.41, 5.74) is 0.326. The van der Waals surface area contributed by atoms with Gasteiger partial charge in [-0.1, -0.05) is 6.07 Å². The quantitative estimate of drug-likeness (QED) is 0.254. The number of carbonyl (C=O) groups excluding carboxylic acids is 1. The Labute approximate surface area is 245 Å². The molecule has 0 spiro atoms. The molecule has 0 fully saturated rings. The second-order valence-corrected chi connectivity index (χ2v) is 9.90. The highest BCUT2D eigenvalue weighted by atomic mass is 19.4. The topological polar surface area (TPSA) is 103 Å². The van der Waals surface area contributed by atoms with Crippen molar-refractivity contribution in [3.8, 4) is 22.9 Å². The lowest BCUT2D eigenvalue weighted by Crippen LogP contribution is -2.26. The van der Waals surface area contributed by atoms with E-state index in [9.17, 15) is 27.9 Å². The lowest BCUT2D eigenvalue weighted by Gasteiger charge is -2.26. The number of halogens is 3. The van der Waals surface area contributed by atoms with Crippen molar-refractivity contribution in [2.75, 3.05) is 26.2 Å². The molecule has 0 bridgehead atoms. The van der Waals surface area contributed by atoms with Crippen LogP contribution in [0.3, 0.4) is 0 Å². The minimum atomic E-state index is -4.71. The fourth-order valence-corrected chi connectivity index (χ4v) is 5.14. The third-order valence-electron chi connectivity index (χ3n) is 7.27. The molecule has 1 N–H and O–H groups in total. The first-order chi connectivity index (χ1) is 20.5. The first-order valence-electron chi connectivity index (χ1n) is 13.3. The van der Waals surface area contributed by atoms with Crippen LogP contribution in [0.2, 0.25) is 0 Å². The van der Waals surface area contributed by atoms with Crippen molar-refractivity contribution in [2.24, 2.45) is 0 Å². The number of fused-ring (bicyclic) bond motifs is 1. The number of benzene rings is 3. The van der Waals surface area contributed by atoms with Crippen molar-refractivity contribution < 1.29 is 42.1 Å². The van der Waals surface area contributed by atoms with Crippen molar-refractivity contribution >= 4 is 17.6 Å². The van der Waals surface area contributed by atoms with E-state index < -0.39 is 29.9 Å². The Morgan fingerprint density at radius 3 is 2.35 bits per heavy atom. The number of ether oxygens (including phenoxy) is 3. The molecule has 0 saturated carbocycles. The lowest BCUT2D eigenvalue weighted by molar-refractivity contribution is -0.142. The van der Waals surface area contributed by atoms with Crippen LogP contribution in [0.4, 0.5) is 18.9 Å². The molecule has 3 aromatic carbocycles. The summed E-state index contributed by atoms with van der Waals surface area (Å²) in [5.74, 6) is -0.278. The van der Waals surface area contributed by atoms with Crippen molar-refractivity contribution in [1.82, 2.24) is 9.78 Å². The molecule has 9 nitrogen and oxygen atoms in total. The summed E-state index contributed by atoms with van der Waals surface area (Å²) >= 11 is 0. The van der Waals surface area contributed by atoms with Gasteiger partial charge in [-0.2, -0.15) is 18.3 Å². The number of anilines is 1. The molecule has 1 atom stereocenters. The normalized spacial score (nSPS) is 14.5. The van der Waals surface area contributed by atoms with Crippen LogP contribution >= 0.6 is 0 Å². The summed E-state index contributed by atoms with van der Waals surface area (Å²) in [7, 11) is 4.56. The van der Waals surface area contributed by atoms with Crippen LogP contribution in [0.5, 0.6) is 17.2 Å². The van der Waals surface area contributed by atoms with Gasteiger partial charge < -0.3 is 24.2 Å². The number of hydrogen-bond acceptors (Lipinski definition) is 6. The predicted octanol–water partition coefficient (Wildman–Crippen LogP) is 6.34. The van der Waals surface area contributed by atoms with Crippen LogP contribution in [0.25, 0.3) is 5.69 Å². The largest absolute Gasteiger partial charge is 0.493 e. The molecule has 0 aliphatic heterocycles. The molecule has 0 radical (unpaired) electrons. The average molecular weight is 596 g/mol. The number of hydrogen-bond donors (Lipinski definition) is 1. The molecule has 1 unspecified atom stereocenters. The van der Waals surface area contributed by atoms with Crippen LogP contribution in [-0.4, -0.2) is 48.0 Å². The minimum Gasteiger partial charge on any atom is -0.493 e. The SMILES string of the molecule is COc1ccc(N(C)C(=O)c2cccc(-n3nc(C(F)(F)F)c4c3C(Oc3ccc(C(=O)O)cc3)CCC4)c2)cc1OC. The van der Waals surface area contributed by atoms with Crippen LogP contribution in [0.1, 0.15) is 56.6 Å². The molecule has 5 rings (SSSR count). The molecule has 1 aromatic heterocycles. The second kappa shape index (κ2) is 11.7. The molecular formula is C31H28F3N3O6. The molecule has 12 heteroatoms. The maximum atomic E-state index is 14.1. The first kappa shape index (κ1) is 29.5. The molecule has 1 amide bonds. The zero-order valence-electron chi connectivity index (χ0n) is 23.5. The Morgan fingerprint density at radius 1 is 0.977 bits per heavy atom. The van der Waals surface area contributed by atoms with Gasteiger partial charge in [0.05, 0.1) is 31.2 Å². The molecule has 1 aliphatic rings. The number of aromatic nitrogens is 2. The number of carbonyl (C=O) groups is 2. The van der Waals surface area contributed by atoms with Gasteiger partial charge >= 0.3 is 12.1 Å². The Bertz CT molecular complexity index is 1670. The van der Waals surface area contributed by atoms with Gasteiger partial charge in [0.1, 0.15) is 11.9 Å². The van der Waals surface area contributed by atoms with E-state index in [2.05, 4.69) is 5.10 Å². The Hall–Kier alpha value is -5.00. The lowest BCUT2D eigenvalue weighted by atomic mass is 9.92. The van der Waals surface area contributed by atoms with E-state index in [4.69, 9.17) is 14.2 Å². The van der Waals surface area contributed by atoms with Crippen molar-refractivity contribution in [2.45, 2.75) is 31.5 Å². The van der Waals surface area contributed by atoms with E-state index in [1.54, 1.807) is 43.4 Å². The van der Waals surface area contributed by atoms with Crippen molar-refractivity contribution in [3.05, 3.63) is 94.8 Å². The standard InChI is InChI=1S/C31H28F3N3O6/c1-36(20-12-15-24(41-2)26(17-20)42-3)29(38)19-6-4-7-21(16-19)37-27-23(28(35-37)31(32,33)34)8-5-9-25(27)43-22-13-10-18(11-14-22)30(39)40/h4,6-7,10-17,25H,5,8-9H2,1-3H3,(H,39,40). The second-order valence-electron chi connectivity index (χ2n) is 9.90. The average Bonchev–Trinajstić information content (AvgIpc) is 3.42. The highest BCUT2D eigenvalue weighted by molar-refractivity contribution is 6.06. The summed E-state index contributed by atoms with van der Waals surface area (Å²) in [6, 6.07) is 16.9. The predicted molar refractivity (Wildman–Crippen MR) is 151 cm³/mol. The molecule has 43 heavy (non-hydrogen) atoms. The number of carboxylic acids is 1. The number of rotatable bonds is 8. The van der Waals surface area contributed by atoms with Gasteiger partial charge in [-0.25, -0.2) is 9.48 Å². The Balaban J connectivity index is 1.52. The fourth-order valence-electron chi connectivity index (χ4n) is 5.14. The van der Waals surface area contributed by atoms with Gasteiger partial charge in [-0.15, -0.1) is 0 Å². The Kier molecular flexibility index (Phi) is 8.03. The van der Waals surface area contributed by atoms with E-state index in [0.29, 0.717) is 35.8 Å². The number of amides is 1. The number of alkyl halides is 3. The van der Waals surface area contributed by atoms with Crippen LogP contribution in [0.15, 0.2) is 66.7 Å². The third-order valence-corrected chi connectivity index (χ3v) is 7.27. The summed E-state index contributed by atoms with van der Waals surface area (Å²) in [5, 5.41) is 13.2. The third kappa shape index (κ3) is 5.85. The summed E-state index contributed by atoms with van der Waals surface area (Å²) < 4.78 is 60.3. The van der Waals surface area contributed by atoms with E-state index >= 15 is 0 Å². The van der Waals surface area contributed by atoms with Gasteiger partial charge in [0, 0.05) is 29.9 Å². The smallest absolute Gasteiger partial charge is 0.435 e. The van der Waals surface area contributed by atoms with Crippen LogP contribution < -0.4 is 19.1 Å². The van der Waals surface area contributed by atoms with Gasteiger partial charge in [0.15, 0.2) is 17.2 Å². The maximum Gasteiger partial charge on any atom is 0.435 e. The summed E-state index contributed by atoms with van der Waals surface area (Å²) in [4.78, 5) is 26.1. The van der Waals surface area contributed by atoms with Crippen LogP contribution in [-0.2, 0) is 12.6 Å². The number of methoxy groups -OCH3 is 2. The summed E-state index contributed by atoms with van der Waals surface area (Å²) in [6.45, 7) is 0. The summed E-state index contributed by atoms with van der Waals surface area (Å²) in [6.07, 6.45) is -4.49. The monoisotopic (exact) mass is 595 g/mol. The Morgan fingerprint density at radius 2 is 1.70 bits per heavy atom. The van der Waals surface area contributed by atoms with Crippen LogP contribution in [0, 0.1) is 0 Å². The van der Waals surface area contributed by atoms with E-state index in [0.717, 1.165) is 0 Å². The number of carboxylic acid groups (broad SMARTS) is 1. The minimum absolute atomic E-state index is 0.0325. The van der Waals surface area contributed by atoms with Gasteiger partial charge in [-0.05, 0) is 73.9 Å². The molecule has 4 aromatic rings. The van der Waals surface area contributed by atoms with Crippen molar-refractivity contribution in [1.29, 1.82) is 0 Å². The molecule has 1 heterocycles. The molecule has 0 saturated heterocycles. The first-order valence-corrected chi connectivity index (χ1v) is 13.3. The van der Waals surface area contributed by atoms with Gasteiger partial charge in [0.2, 0.25) is 0 Å². The molecular weight excluding hydrogens is 567 g/mol. The van der Waals surface area contributed by atoms with E-state index in [-0.39, 0.29) is 34.5 Å². The van der Waals surface area contributed by atoms with E-state index in [1.165, 1.54) is 54.1 Å². The molecule has 1 aliphatic carbocycles. The highest BCUT2D eigenvalue weighted by Gasteiger charge is 2.42. The fraction of sp³-hybridized carbons (Fsp3) is 0.258. The maximum absolute atomic E-state index is 14.1. The van der Waals surface area contributed by atoms with Gasteiger partial charge in [-0.3, -0.25) is 4.79 Å². The highest BCUT2D eigenvalue weighted by Crippen LogP contribution is 2.42.